The van der Waals surface area contributed by atoms with Gasteiger partial charge in [-0.3, -0.25) is 0 Å². The number of benzene rings is 1. The Bertz CT molecular complexity index is 577. The SMILES string of the molecule is CNCc1cc(S(=O)(=O)NCCC(C)SC)cc(C)c1F. The predicted octanol–water partition coefficient (Wildman–Crippen LogP) is 2.27. The van der Waals surface area contributed by atoms with Gasteiger partial charge in [0.15, 0.2) is 0 Å². The Balaban J connectivity index is 2.92. The lowest BCUT2D eigenvalue weighted by molar-refractivity contribution is 0.573. The summed E-state index contributed by atoms with van der Waals surface area (Å²) in [5.74, 6) is -0.362. The first kappa shape index (κ1) is 18.4. The summed E-state index contributed by atoms with van der Waals surface area (Å²) in [4.78, 5) is 0.114. The van der Waals surface area contributed by atoms with Crippen LogP contribution in [-0.2, 0) is 16.6 Å². The number of hydrogen-bond acceptors (Lipinski definition) is 4. The molecule has 1 rings (SSSR count). The summed E-state index contributed by atoms with van der Waals surface area (Å²) in [5, 5.41) is 3.23. The third kappa shape index (κ3) is 5.25. The molecule has 21 heavy (non-hydrogen) atoms. The van der Waals surface area contributed by atoms with Crippen molar-refractivity contribution in [2.75, 3.05) is 19.8 Å². The third-order valence-electron chi connectivity index (χ3n) is 3.23. The van der Waals surface area contributed by atoms with E-state index in [-0.39, 0.29) is 10.7 Å². The third-order valence-corrected chi connectivity index (χ3v) is 5.71. The molecular weight excluding hydrogens is 311 g/mol. The smallest absolute Gasteiger partial charge is 0.240 e. The van der Waals surface area contributed by atoms with Crippen LogP contribution in [0, 0.1) is 12.7 Å². The number of rotatable bonds is 8. The van der Waals surface area contributed by atoms with E-state index in [1.807, 2.05) is 13.2 Å². The first-order valence-electron chi connectivity index (χ1n) is 6.78. The monoisotopic (exact) mass is 334 g/mol. The fourth-order valence-electron chi connectivity index (χ4n) is 1.88. The molecule has 0 aromatic heterocycles. The molecule has 1 aromatic carbocycles. The quantitative estimate of drug-likeness (QED) is 0.766. The molecule has 0 bridgehead atoms. The minimum atomic E-state index is -3.60. The summed E-state index contributed by atoms with van der Waals surface area (Å²) >= 11 is 1.69. The maximum absolute atomic E-state index is 13.9. The van der Waals surface area contributed by atoms with Crippen LogP contribution >= 0.6 is 11.8 Å². The van der Waals surface area contributed by atoms with E-state index in [1.165, 1.54) is 12.1 Å². The van der Waals surface area contributed by atoms with Crippen LogP contribution in [0.2, 0.25) is 0 Å². The van der Waals surface area contributed by atoms with E-state index in [2.05, 4.69) is 10.0 Å². The summed E-state index contributed by atoms with van der Waals surface area (Å²) in [6.07, 6.45) is 2.75. The van der Waals surface area contributed by atoms with Gasteiger partial charge < -0.3 is 5.32 Å². The van der Waals surface area contributed by atoms with E-state index in [0.717, 1.165) is 6.42 Å². The van der Waals surface area contributed by atoms with E-state index >= 15 is 0 Å². The molecule has 0 amide bonds. The van der Waals surface area contributed by atoms with Gasteiger partial charge in [0.1, 0.15) is 5.82 Å². The Morgan fingerprint density at radius 2 is 2.05 bits per heavy atom. The highest BCUT2D eigenvalue weighted by atomic mass is 32.2. The van der Waals surface area contributed by atoms with Crippen LogP contribution in [0.5, 0.6) is 0 Å². The fourth-order valence-corrected chi connectivity index (χ4v) is 3.41. The number of thioether (sulfide) groups is 1. The van der Waals surface area contributed by atoms with Gasteiger partial charge in [0.2, 0.25) is 10.0 Å². The molecule has 0 spiro atoms. The van der Waals surface area contributed by atoms with Gasteiger partial charge in [-0.15, -0.1) is 0 Å². The van der Waals surface area contributed by atoms with E-state index in [0.29, 0.717) is 29.5 Å². The van der Waals surface area contributed by atoms with E-state index in [9.17, 15) is 12.8 Å². The molecule has 0 saturated heterocycles. The number of aryl methyl sites for hydroxylation is 1. The molecule has 7 heteroatoms. The van der Waals surface area contributed by atoms with Crippen molar-refractivity contribution < 1.29 is 12.8 Å². The topological polar surface area (TPSA) is 58.2 Å². The highest BCUT2D eigenvalue weighted by molar-refractivity contribution is 7.99. The van der Waals surface area contributed by atoms with Crippen LogP contribution in [0.25, 0.3) is 0 Å². The van der Waals surface area contributed by atoms with Gasteiger partial charge >= 0.3 is 0 Å². The molecule has 4 nitrogen and oxygen atoms in total. The minimum Gasteiger partial charge on any atom is -0.316 e. The van der Waals surface area contributed by atoms with Crippen LogP contribution in [0.1, 0.15) is 24.5 Å². The molecule has 1 aromatic rings. The van der Waals surface area contributed by atoms with E-state index in [1.54, 1.807) is 25.7 Å². The van der Waals surface area contributed by atoms with Gasteiger partial charge in [-0.05, 0) is 44.3 Å². The largest absolute Gasteiger partial charge is 0.316 e. The predicted molar refractivity (Wildman–Crippen MR) is 86.7 cm³/mol. The van der Waals surface area contributed by atoms with E-state index in [4.69, 9.17) is 0 Å². The van der Waals surface area contributed by atoms with Crippen LogP contribution in [0.15, 0.2) is 17.0 Å². The van der Waals surface area contributed by atoms with Crippen molar-refractivity contribution in [1.29, 1.82) is 0 Å². The molecule has 120 valence electrons. The summed E-state index contributed by atoms with van der Waals surface area (Å²) in [5.41, 5.74) is 0.691. The Morgan fingerprint density at radius 3 is 2.62 bits per heavy atom. The zero-order valence-corrected chi connectivity index (χ0v) is 14.5. The van der Waals surface area contributed by atoms with Crippen molar-refractivity contribution in [3.8, 4) is 0 Å². The molecule has 0 radical (unpaired) electrons. The molecule has 2 N–H and O–H groups in total. The number of nitrogens with one attached hydrogen (secondary N) is 2. The molecule has 0 fully saturated rings. The van der Waals surface area contributed by atoms with Crippen molar-refractivity contribution in [1.82, 2.24) is 10.0 Å². The average Bonchev–Trinajstić information content (AvgIpc) is 2.43. The van der Waals surface area contributed by atoms with Gasteiger partial charge in [-0.2, -0.15) is 11.8 Å². The van der Waals surface area contributed by atoms with E-state index < -0.39 is 10.0 Å². The lowest BCUT2D eigenvalue weighted by atomic mass is 10.1. The Labute approximate surface area is 131 Å². The lowest BCUT2D eigenvalue weighted by Crippen LogP contribution is -2.26. The van der Waals surface area contributed by atoms with Crippen LogP contribution in [-0.4, -0.2) is 33.5 Å². The second-order valence-electron chi connectivity index (χ2n) is 4.98. The molecule has 0 heterocycles. The van der Waals surface area contributed by atoms with Gasteiger partial charge in [-0.1, -0.05) is 6.92 Å². The van der Waals surface area contributed by atoms with Crippen LogP contribution in [0.4, 0.5) is 4.39 Å². The van der Waals surface area contributed by atoms with Gasteiger partial charge in [0.05, 0.1) is 4.90 Å². The van der Waals surface area contributed by atoms with Gasteiger partial charge in [-0.25, -0.2) is 17.5 Å². The Kier molecular flexibility index (Phi) is 7.12. The maximum atomic E-state index is 13.9. The molecule has 0 aliphatic rings. The molecule has 1 unspecified atom stereocenters. The maximum Gasteiger partial charge on any atom is 0.240 e. The Morgan fingerprint density at radius 1 is 1.38 bits per heavy atom. The highest BCUT2D eigenvalue weighted by Gasteiger charge is 2.18. The molecular formula is C14H23FN2O2S2. The molecule has 0 aliphatic carbocycles. The van der Waals surface area contributed by atoms with Crippen molar-refractivity contribution in [3.05, 3.63) is 29.1 Å². The molecule has 0 saturated carbocycles. The fraction of sp³-hybridized carbons (Fsp3) is 0.571. The van der Waals surface area contributed by atoms with Crippen molar-refractivity contribution in [3.63, 3.8) is 0 Å². The average molecular weight is 334 g/mol. The minimum absolute atomic E-state index is 0.114. The van der Waals surface area contributed by atoms with Crippen molar-refractivity contribution in [2.24, 2.45) is 0 Å². The lowest BCUT2D eigenvalue weighted by Gasteiger charge is -2.12. The summed E-state index contributed by atoms with van der Waals surface area (Å²) < 4.78 is 41.0. The van der Waals surface area contributed by atoms with Crippen LogP contribution in [0.3, 0.4) is 0 Å². The normalized spacial score (nSPS) is 13.4. The summed E-state index contributed by atoms with van der Waals surface area (Å²) in [6, 6.07) is 2.76. The molecule has 1 atom stereocenters. The van der Waals surface area contributed by atoms with Crippen molar-refractivity contribution in [2.45, 2.75) is 37.0 Å². The Hall–Kier alpha value is -0.630. The second kappa shape index (κ2) is 8.12. The number of halogens is 1. The van der Waals surface area contributed by atoms with Crippen molar-refractivity contribution >= 4 is 21.8 Å². The number of hydrogen-bond donors (Lipinski definition) is 2. The summed E-state index contributed by atoms with van der Waals surface area (Å²) in [7, 11) is -1.91. The van der Waals surface area contributed by atoms with Gasteiger partial charge in [0, 0.05) is 23.9 Å². The molecule has 0 aliphatic heterocycles. The van der Waals surface area contributed by atoms with Gasteiger partial charge in [0.25, 0.3) is 0 Å². The summed E-state index contributed by atoms with van der Waals surface area (Å²) in [6.45, 7) is 4.29. The van der Waals surface area contributed by atoms with Crippen LogP contribution < -0.4 is 10.0 Å². The number of sulfonamides is 1. The standard InChI is InChI=1S/C14H23FN2O2S2/c1-10-7-13(8-12(9-16-3)14(10)15)21(18,19)17-6-5-11(2)20-4/h7-8,11,16-17H,5-6,9H2,1-4H3. The first-order valence-corrected chi connectivity index (χ1v) is 9.55. The first-order chi connectivity index (χ1) is 9.81. The second-order valence-corrected chi connectivity index (χ2v) is 8.02. The highest BCUT2D eigenvalue weighted by Crippen LogP contribution is 2.19. The zero-order valence-electron chi connectivity index (χ0n) is 12.9. The zero-order chi connectivity index (χ0) is 16.0.